The molecule has 2 nitrogen and oxygen atoms in total. The van der Waals surface area contributed by atoms with Crippen LogP contribution < -0.4 is 0 Å². The Morgan fingerprint density at radius 3 is 3.05 bits per heavy atom. The van der Waals surface area contributed by atoms with E-state index < -0.39 is 0 Å². The number of carbonyl (C=O) groups excluding carboxylic acids is 1. The van der Waals surface area contributed by atoms with Gasteiger partial charge in [-0.05, 0) is 71.1 Å². The average Bonchev–Trinajstić information content (AvgIpc) is 2.90. The second kappa shape index (κ2) is 5.77. The summed E-state index contributed by atoms with van der Waals surface area (Å²) in [5.41, 5.74) is 2.09. The minimum Gasteiger partial charge on any atom is -0.331 e. The van der Waals surface area contributed by atoms with Gasteiger partial charge in [-0.1, -0.05) is 15.9 Å². The number of halogens is 2. The van der Waals surface area contributed by atoms with Gasteiger partial charge in [0.05, 0.1) is 11.6 Å². The molecule has 0 saturated heterocycles. The van der Waals surface area contributed by atoms with E-state index in [9.17, 15) is 4.79 Å². The molecule has 0 radical (unpaired) electrons. The van der Waals surface area contributed by atoms with Crippen LogP contribution in [0.4, 0.5) is 0 Å². The number of benzene rings is 1. The number of thiophene rings is 1. The molecule has 1 unspecified atom stereocenters. The number of hydrogen-bond acceptors (Lipinski definition) is 2. The largest absolute Gasteiger partial charge is 0.331 e. The van der Waals surface area contributed by atoms with Gasteiger partial charge in [0.15, 0.2) is 0 Å². The van der Waals surface area contributed by atoms with E-state index in [0.717, 1.165) is 26.6 Å². The van der Waals surface area contributed by atoms with E-state index in [1.54, 1.807) is 11.3 Å². The maximum absolute atomic E-state index is 12.8. The molecule has 104 valence electrons. The number of amides is 1. The molecule has 0 bridgehead atoms. The first-order valence-electron chi connectivity index (χ1n) is 6.40. The molecule has 1 aliphatic heterocycles. The summed E-state index contributed by atoms with van der Waals surface area (Å²) in [5.74, 6) is 0.125. The summed E-state index contributed by atoms with van der Waals surface area (Å²) in [6.07, 6.45) is 0.966. The molecule has 2 heterocycles. The van der Waals surface area contributed by atoms with Crippen molar-refractivity contribution in [3.63, 3.8) is 0 Å². The molecule has 0 N–H and O–H groups in total. The van der Waals surface area contributed by atoms with Crippen LogP contribution in [-0.4, -0.2) is 17.4 Å². The fourth-order valence-electron chi connectivity index (χ4n) is 2.60. The summed E-state index contributed by atoms with van der Waals surface area (Å²) in [5, 5.41) is 2.12. The highest BCUT2D eigenvalue weighted by molar-refractivity contribution is 14.1. The van der Waals surface area contributed by atoms with Crippen LogP contribution in [0.2, 0.25) is 0 Å². The van der Waals surface area contributed by atoms with Gasteiger partial charge < -0.3 is 4.90 Å². The SMILES string of the molecule is CC1c2ccsc2CCN1C(=O)c1cc(Br)ccc1I. The average molecular weight is 462 g/mol. The van der Waals surface area contributed by atoms with Crippen molar-refractivity contribution in [2.24, 2.45) is 0 Å². The molecule has 3 rings (SSSR count). The number of hydrogen-bond donors (Lipinski definition) is 0. The highest BCUT2D eigenvalue weighted by Crippen LogP contribution is 2.34. The number of carbonyl (C=O) groups is 1. The second-order valence-corrected chi connectivity index (χ2v) is 7.93. The van der Waals surface area contributed by atoms with Gasteiger partial charge in [-0.25, -0.2) is 0 Å². The second-order valence-electron chi connectivity index (χ2n) is 4.85. The Labute approximate surface area is 144 Å². The fraction of sp³-hybridized carbons (Fsp3) is 0.267. The normalized spacial score (nSPS) is 17.9. The molecule has 1 amide bonds. The van der Waals surface area contributed by atoms with Gasteiger partial charge in [0.1, 0.15) is 0 Å². The van der Waals surface area contributed by atoms with Crippen LogP contribution in [0.3, 0.4) is 0 Å². The summed E-state index contributed by atoms with van der Waals surface area (Å²) in [4.78, 5) is 16.2. The van der Waals surface area contributed by atoms with Crippen molar-refractivity contribution in [2.75, 3.05) is 6.54 Å². The monoisotopic (exact) mass is 461 g/mol. The van der Waals surface area contributed by atoms with Crippen LogP contribution >= 0.6 is 49.9 Å². The van der Waals surface area contributed by atoms with Gasteiger partial charge in [-0.2, -0.15) is 0 Å². The van der Waals surface area contributed by atoms with E-state index >= 15 is 0 Å². The first-order chi connectivity index (χ1) is 9.58. The predicted octanol–water partition coefficient (Wildman–Crippen LogP) is 4.87. The molecule has 1 aromatic heterocycles. The topological polar surface area (TPSA) is 20.3 Å². The van der Waals surface area contributed by atoms with Gasteiger partial charge >= 0.3 is 0 Å². The molecule has 2 aromatic rings. The lowest BCUT2D eigenvalue weighted by Gasteiger charge is -2.34. The summed E-state index contributed by atoms with van der Waals surface area (Å²) < 4.78 is 1.95. The van der Waals surface area contributed by atoms with Gasteiger partial charge in [-0.15, -0.1) is 11.3 Å². The van der Waals surface area contributed by atoms with Crippen molar-refractivity contribution < 1.29 is 4.79 Å². The highest BCUT2D eigenvalue weighted by atomic mass is 127. The van der Waals surface area contributed by atoms with Crippen LogP contribution in [0.1, 0.15) is 33.8 Å². The van der Waals surface area contributed by atoms with Crippen molar-refractivity contribution in [3.8, 4) is 0 Å². The minimum absolute atomic E-state index is 0.125. The fourth-order valence-corrected chi connectivity index (χ4v) is 4.49. The molecule has 0 spiro atoms. The van der Waals surface area contributed by atoms with Crippen molar-refractivity contribution in [1.29, 1.82) is 0 Å². The van der Waals surface area contributed by atoms with Crippen LogP contribution in [0, 0.1) is 3.57 Å². The van der Waals surface area contributed by atoms with Gasteiger partial charge in [-0.3, -0.25) is 4.79 Å². The molecular weight excluding hydrogens is 449 g/mol. The zero-order valence-corrected chi connectivity index (χ0v) is 15.5. The lowest BCUT2D eigenvalue weighted by Crippen LogP contribution is -2.38. The molecule has 1 atom stereocenters. The number of rotatable bonds is 1. The molecule has 1 aliphatic rings. The third-order valence-corrected chi connectivity index (χ3v) is 6.13. The van der Waals surface area contributed by atoms with E-state index in [0.29, 0.717) is 0 Å². The Hall–Kier alpha value is -0.400. The van der Waals surface area contributed by atoms with Crippen LogP contribution in [0.15, 0.2) is 34.1 Å². The zero-order valence-electron chi connectivity index (χ0n) is 10.9. The maximum Gasteiger partial charge on any atom is 0.255 e. The Morgan fingerprint density at radius 2 is 2.25 bits per heavy atom. The van der Waals surface area contributed by atoms with Gasteiger partial charge in [0.2, 0.25) is 0 Å². The summed E-state index contributed by atoms with van der Waals surface area (Å²) in [6, 6.07) is 8.17. The third-order valence-electron chi connectivity index (χ3n) is 3.70. The van der Waals surface area contributed by atoms with Gasteiger partial charge in [0.25, 0.3) is 5.91 Å². The first kappa shape index (κ1) is 14.5. The Balaban J connectivity index is 1.94. The van der Waals surface area contributed by atoms with E-state index in [1.165, 1.54) is 10.4 Å². The van der Waals surface area contributed by atoms with E-state index in [-0.39, 0.29) is 11.9 Å². The van der Waals surface area contributed by atoms with Crippen molar-refractivity contribution in [2.45, 2.75) is 19.4 Å². The van der Waals surface area contributed by atoms with E-state index in [4.69, 9.17) is 0 Å². The summed E-state index contributed by atoms with van der Waals surface area (Å²) >= 11 is 7.48. The van der Waals surface area contributed by atoms with Crippen molar-refractivity contribution >= 4 is 55.8 Å². The standard InChI is InChI=1S/C15H13BrINOS/c1-9-11-5-7-20-14(11)4-6-18(9)15(19)12-8-10(16)2-3-13(12)17/h2-3,5,7-9H,4,6H2,1H3. The number of fused-ring (bicyclic) bond motifs is 1. The maximum atomic E-state index is 12.8. The van der Waals surface area contributed by atoms with Crippen molar-refractivity contribution in [1.82, 2.24) is 4.90 Å². The Bertz CT molecular complexity index is 670. The lowest BCUT2D eigenvalue weighted by atomic mass is 10.0. The summed E-state index contributed by atoms with van der Waals surface area (Å²) in [6.45, 7) is 2.92. The molecule has 5 heteroatoms. The quantitative estimate of drug-likeness (QED) is 0.554. The molecule has 0 aliphatic carbocycles. The highest BCUT2D eigenvalue weighted by Gasteiger charge is 2.29. The first-order valence-corrected chi connectivity index (χ1v) is 9.15. The van der Waals surface area contributed by atoms with Crippen LogP contribution in [-0.2, 0) is 6.42 Å². The predicted molar refractivity (Wildman–Crippen MR) is 94.3 cm³/mol. The molecular formula is C15H13BrINOS. The molecule has 0 saturated carbocycles. The number of nitrogens with zero attached hydrogens (tertiary/aromatic N) is 1. The van der Waals surface area contributed by atoms with Crippen LogP contribution in [0.5, 0.6) is 0 Å². The van der Waals surface area contributed by atoms with Crippen LogP contribution in [0.25, 0.3) is 0 Å². The minimum atomic E-state index is 0.125. The van der Waals surface area contributed by atoms with E-state index in [2.05, 4.69) is 56.9 Å². The molecule has 0 fully saturated rings. The molecule has 20 heavy (non-hydrogen) atoms. The molecule has 1 aromatic carbocycles. The summed E-state index contributed by atoms with van der Waals surface area (Å²) in [7, 11) is 0. The van der Waals surface area contributed by atoms with E-state index in [1.807, 2.05) is 23.1 Å². The third kappa shape index (κ3) is 2.55. The Kier molecular flexibility index (Phi) is 4.19. The zero-order chi connectivity index (χ0) is 14.3. The van der Waals surface area contributed by atoms with Gasteiger partial charge in [0, 0.05) is 19.5 Å². The van der Waals surface area contributed by atoms with Crippen molar-refractivity contribution in [3.05, 3.63) is 53.7 Å². The lowest BCUT2D eigenvalue weighted by molar-refractivity contribution is 0.0678. The Morgan fingerprint density at radius 1 is 1.45 bits per heavy atom. The smallest absolute Gasteiger partial charge is 0.255 e.